The van der Waals surface area contributed by atoms with Crippen LogP contribution >= 0.6 is 11.3 Å². The molecule has 2 N–H and O–H groups in total. The summed E-state index contributed by atoms with van der Waals surface area (Å²) in [5.74, 6) is -0.139. The number of alkyl halides is 2. The summed E-state index contributed by atoms with van der Waals surface area (Å²) in [4.78, 5) is 16.8. The van der Waals surface area contributed by atoms with Gasteiger partial charge in [0.1, 0.15) is 23.7 Å². The lowest BCUT2D eigenvalue weighted by molar-refractivity contribution is 0.0999. The van der Waals surface area contributed by atoms with Crippen molar-refractivity contribution in [2.45, 2.75) is 33.3 Å². The number of amides is 1. The number of furan rings is 1. The van der Waals surface area contributed by atoms with Crippen LogP contribution in [0.1, 0.15) is 32.3 Å². The fraction of sp³-hybridized carbons (Fsp3) is 0.294. The summed E-state index contributed by atoms with van der Waals surface area (Å²) in [5.41, 5.74) is 8.61. The highest BCUT2D eigenvalue weighted by Crippen LogP contribution is 2.36. The zero-order chi connectivity index (χ0) is 18.1. The Morgan fingerprint density at radius 1 is 1.40 bits per heavy atom. The van der Waals surface area contributed by atoms with Gasteiger partial charge in [-0.05, 0) is 26.0 Å². The highest BCUT2D eigenvalue weighted by Gasteiger charge is 2.23. The predicted molar refractivity (Wildman–Crippen MR) is 90.4 cm³/mol. The number of primary amides is 1. The van der Waals surface area contributed by atoms with E-state index in [0.29, 0.717) is 16.7 Å². The van der Waals surface area contributed by atoms with Crippen molar-refractivity contribution in [2.24, 2.45) is 5.73 Å². The van der Waals surface area contributed by atoms with E-state index in [-0.39, 0.29) is 23.5 Å². The maximum absolute atomic E-state index is 13.1. The van der Waals surface area contributed by atoms with E-state index >= 15 is 0 Å². The first-order valence-corrected chi connectivity index (χ1v) is 8.41. The van der Waals surface area contributed by atoms with Gasteiger partial charge in [-0.3, -0.25) is 4.79 Å². The Kier molecular flexibility index (Phi) is 4.71. The van der Waals surface area contributed by atoms with E-state index in [1.54, 1.807) is 24.6 Å². The Labute approximate surface area is 146 Å². The van der Waals surface area contributed by atoms with Crippen molar-refractivity contribution < 1.29 is 22.7 Å². The van der Waals surface area contributed by atoms with Crippen molar-refractivity contribution in [2.75, 3.05) is 0 Å². The van der Waals surface area contributed by atoms with Crippen LogP contribution in [0.25, 0.3) is 11.0 Å². The molecule has 0 unspecified atom stereocenters. The second-order valence-corrected chi connectivity index (χ2v) is 6.50. The lowest BCUT2D eigenvalue weighted by Gasteiger charge is -2.12. The smallest absolute Gasteiger partial charge is 0.252 e. The topological polar surface area (TPSA) is 78.3 Å². The molecule has 132 valence electrons. The number of aromatic nitrogens is 1. The van der Waals surface area contributed by atoms with Crippen LogP contribution in [0, 0.1) is 13.8 Å². The summed E-state index contributed by atoms with van der Waals surface area (Å²) in [6.07, 6.45) is -3.16. The molecule has 3 rings (SSSR count). The Bertz CT molecular complexity index is 934. The van der Waals surface area contributed by atoms with Gasteiger partial charge >= 0.3 is 0 Å². The molecule has 1 amide bonds. The molecule has 0 saturated carbocycles. The van der Waals surface area contributed by atoms with Crippen LogP contribution in [0.15, 0.2) is 22.1 Å². The summed E-state index contributed by atoms with van der Waals surface area (Å²) in [5, 5.41) is 0.295. The maximum Gasteiger partial charge on any atom is 0.252 e. The van der Waals surface area contributed by atoms with Gasteiger partial charge in [0.05, 0.1) is 21.6 Å². The van der Waals surface area contributed by atoms with Gasteiger partial charge in [0.25, 0.3) is 5.91 Å². The number of hydrogen-bond donors (Lipinski definition) is 1. The van der Waals surface area contributed by atoms with Crippen LogP contribution in [0.2, 0.25) is 0 Å². The number of benzene rings is 1. The first-order chi connectivity index (χ1) is 11.9. The molecule has 0 saturated heterocycles. The van der Waals surface area contributed by atoms with Crippen molar-refractivity contribution in [3.8, 4) is 5.75 Å². The number of halogens is 2. The molecule has 8 heteroatoms. The molecular weight excluding hydrogens is 350 g/mol. The number of carbonyl (C=O) groups is 1. The van der Waals surface area contributed by atoms with Gasteiger partial charge in [-0.25, -0.2) is 13.8 Å². The van der Waals surface area contributed by atoms with Crippen LogP contribution < -0.4 is 10.5 Å². The van der Waals surface area contributed by atoms with Crippen molar-refractivity contribution >= 4 is 28.2 Å². The number of nitrogens with two attached hydrogens (primary N) is 1. The SMILES string of the molecule is Cc1ncsc1COc1ccc2oc(C)c(C(N)=O)c2c1CC(F)F. The second kappa shape index (κ2) is 6.79. The van der Waals surface area contributed by atoms with E-state index in [9.17, 15) is 13.6 Å². The van der Waals surface area contributed by atoms with Gasteiger partial charge in [0, 0.05) is 17.4 Å². The van der Waals surface area contributed by atoms with Gasteiger partial charge in [0.15, 0.2) is 0 Å². The first-order valence-electron chi connectivity index (χ1n) is 7.53. The van der Waals surface area contributed by atoms with Gasteiger partial charge in [-0.2, -0.15) is 0 Å². The largest absolute Gasteiger partial charge is 0.488 e. The summed E-state index contributed by atoms with van der Waals surface area (Å²) >= 11 is 1.43. The number of thiazole rings is 1. The molecule has 2 aromatic heterocycles. The van der Waals surface area contributed by atoms with E-state index in [1.165, 1.54) is 11.3 Å². The highest BCUT2D eigenvalue weighted by molar-refractivity contribution is 7.09. The van der Waals surface area contributed by atoms with Crippen LogP contribution in [0.4, 0.5) is 8.78 Å². The Morgan fingerprint density at radius 3 is 2.76 bits per heavy atom. The Morgan fingerprint density at radius 2 is 2.16 bits per heavy atom. The van der Waals surface area contributed by atoms with Crippen LogP contribution in [0.3, 0.4) is 0 Å². The average Bonchev–Trinajstić information content (AvgIpc) is 3.08. The van der Waals surface area contributed by atoms with Crippen molar-refractivity contribution in [1.29, 1.82) is 0 Å². The average molecular weight is 366 g/mol. The minimum atomic E-state index is -2.60. The van der Waals surface area contributed by atoms with Crippen LogP contribution in [-0.2, 0) is 13.0 Å². The maximum atomic E-state index is 13.1. The van der Waals surface area contributed by atoms with Crippen molar-refractivity contribution in [1.82, 2.24) is 4.98 Å². The molecule has 3 aromatic rings. The van der Waals surface area contributed by atoms with E-state index in [2.05, 4.69) is 4.98 Å². The zero-order valence-electron chi connectivity index (χ0n) is 13.6. The monoisotopic (exact) mass is 366 g/mol. The number of rotatable bonds is 6. The fourth-order valence-corrected chi connectivity index (χ4v) is 3.44. The molecule has 2 heterocycles. The molecule has 0 aliphatic heterocycles. The molecule has 5 nitrogen and oxygen atoms in total. The minimum Gasteiger partial charge on any atom is -0.488 e. The molecule has 1 aromatic carbocycles. The van der Waals surface area contributed by atoms with Crippen molar-refractivity contribution in [3.63, 3.8) is 0 Å². The molecule has 0 fully saturated rings. The molecular formula is C17H16F2N2O3S. The number of ether oxygens (including phenoxy) is 1. The Hall–Kier alpha value is -2.48. The Balaban J connectivity index is 2.09. The summed E-state index contributed by atoms with van der Waals surface area (Å²) in [6.45, 7) is 3.64. The molecule has 25 heavy (non-hydrogen) atoms. The van der Waals surface area contributed by atoms with Gasteiger partial charge < -0.3 is 14.9 Å². The predicted octanol–water partition coefficient (Wildman–Crippen LogP) is 3.99. The summed E-state index contributed by atoms with van der Waals surface area (Å²) < 4.78 is 37.5. The number of fused-ring (bicyclic) bond motifs is 1. The first kappa shape index (κ1) is 17.3. The van der Waals surface area contributed by atoms with E-state index in [1.807, 2.05) is 6.92 Å². The fourth-order valence-electron chi connectivity index (χ4n) is 2.76. The number of hydrogen-bond acceptors (Lipinski definition) is 5. The summed E-state index contributed by atoms with van der Waals surface area (Å²) in [7, 11) is 0. The highest BCUT2D eigenvalue weighted by atomic mass is 32.1. The zero-order valence-corrected chi connectivity index (χ0v) is 14.5. The summed E-state index contributed by atoms with van der Waals surface area (Å²) in [6, 6.07) is 3.17. The lowest BCUT2D eigenvalue weighted by atomic mass is 10.0. The second-order valence-electron chi connectivity index (χ2n) is 5.56. The van der Waals surface area contributed by atoms with Gasteiger partial charge in [0.2, 0.25) is 6.43 Å². The third-order valence-corrected chi connectivity index (χ3v) is 4.81. The number of aryl methyl sites for hydroxylation is 2. The van der Waals surface area contributed by atoms with E-state index in [0.717, 1.165) is 10.6 Å². The number of nitrogens with zero attached hydrogens (tertiary/aromatic N) is 1. The van der Waals surface area contributed by atoms with Gasteiger partial charge in [-0.15, -0.1) is 11.3 Å². The molecule has 0 aliphatic carbocycles. The molecule has 0 aliphatic rings. The quantitative estimate of drug-likeness (QED) is 0.715. The molecule has 0 spiro atoms. The normalized spacial score (nSPS) is 11.4. The molecule has 0 radical (unpaired) electrons. The van der Waals surface area contributed by atoms with Gasteiger partial charge in [-0.1, -0.05) is 0 Å². The third-order valence-electron chi connectivity index (χ3n) is 3.91. The molecule has 0 atom stereocenters. The van der Waals surface area contributed by atoms with E-state index < -0.39 is 18.8 Å². The van der Waals surface area contributed by atoms with E-state index in [4.69, 9.17) is 14.9 Å². The molecule has 0 bridgehead atoms. The van der Waals surface area contributed by atoms with Crippen molar-refractivity contribution in [3.05, 3.63) is 45.1 Å². The standard InChI is InChI=1S/C17H16F2N2O3S/c1-8-13(25-7-21-8)6-23-11-3-4-12-16(10(11)5-14(18)19)15(17(20)22)9(2)24-12/h3-4,7,14H,5-6H2,1-2H3,(H2,20,22). The van der Waals surface area contributed by atoms with Crippen LogP contribution in [-0.4, -0.2) is 17.3 Å². The third kappa shape index (κ3) is 3.34. The van der Waals surface area contributed by atoms with Crippen LogP contribution in [0.5, 0.6) is 5.75 Å². The minimum absolute atomic E-state index is 0.116. The number of carbonyl (C=O) groups excluding carboxylic acids is 1. The lowest BCUT2D eigenvalue weighted by Crippen LogP contribution is -2.13.